The van der Waals surface area contributed by atoms with Crippen molar-refractivity contribution in [3.05, 3.63) is 65.2 Å². The van der Waals surface area contributed by atoms with E-state index in [1.54, 1.807) is 17.0 Å². The Morgan fingerprint density at radius 2 is 1.97 bits per heavy atom. The molecule has 4 heterocycles. The van der Waals surface area contributed by atoms with E-state index in [0.717, 1.165) is 35.3 Å². The van der Waals surface area contributed by atoms with E-state index in [1.165, 1.54) is 18.1 Å². The molecule has 2 N–H and O–H groups in total. The zero-order valence-corrected chi connectivity index (χ0v) is 20.3. The van der Waals surface area contributed by atoms with Gasteiger partial charge in [0, 0.05) is 55.3 Å². The highest BCUT2D eigenvalue weighted by molar-refractivity contribution is 6.08. The molecule has 8 nitrogen and oxygen atoms in total. The summed E-state index contributed by atoms with van der Waals surface area (Å²) in [7, 11) is 1.42. The van der Waals surface area contributed by atoms with Crippen molar-refractivity contribution in [1.82, 2.24) is 19.7 Å². The summed E-state index contributed by atoms with van der Waals surface area (Å²) < 4.78 is 19.8. The molecule has 1 aliphatic carbocycles. The standard InChI is InChI=1S/C27H29FN4O4/c1-27-15-19-18-13-22(36-2)20(28)14-21(18)29-23(19)24(16-6-5-7-17(33)12-16)32(27)26(35)31(25(27)34)11-10-30-8-3-4-9-30/h3-6,12-14,17,24,29,33H,7-11,15H2,1-2H3/t17?,24-,27+/m1/s1. The minimum atomic E-state index is -1.12. The summed E-state index contributed by atoms with van der Waals surface area (Å²) in [5.41, 5.74) is 1.77. The molecule has 1 fully saturated rings. The van der Waals surface area contributed by atoms with Gasteiger partial charge in [-0.3, -0.25) is 19.5 Å². The summed E-state index contributed by atoms with van der Waals surface area (Å²) in [6.45, 7) is 4.34. The first-order valence-electron chi connectivity index (χ1n) is 12.3. The molecule has 4 aliphatic rings. The molecule has 188 valence electrons. The summed E-state index contributed by atoms with van der Waals surface area (Å²) in [4.78, 5) is 36.3. The zero-order valence-electron chi connectivity index (χ0n) is 20.3. The number of carbonyl (C=O) groups excluding carboxylic acids is 2. The van der Waals surface area contributed by atoms with Crippen molar-refractivity contribution in [1.29, 1.82) is 0 Å². The molecule has 1 unspecified atom stereocenters. The van der Waals surface area contributed by atoms with E-state index >= 15 is 0 Å². The van der Waals surface area contributed by atoms with Gasteiger partial charge < -0.3 is 14.8 Å². The molecule has 1 aromatic heterocycles. The van der Waals surface area contributed by atoms with Crippen LogP contribution in [0.1, 0.15) is 30.6 Å². The van der Waals surface area contributed by atoms with Crippen LogP contribution in [0.2, 0.25) is 0 Å². The SMILES string of the molecule is COc1cc2c3c([nH]c2cc1F)[C@@H](C1=CC(O)CC=C1)N1C(=O)N(CCN2CC=CC2)C(=O)[C@]1(C)C3. The predicted octanol–water partition coefficient (Wildman–Crippen LogP) is 3.05. The fraction of sp³-hybridized carbons (Fsp3) is 0.407. The number of methoxy groups -OCH3 is 1. The summed E-state index contributed by atoms with van der Waals surface area (Å²) in [6, 6.07) is 2.07. The highest BCUT2D eigenvalue weighted by Crippen LogP contribution is 2.50. The number of nitrogens with one attached hydrogen (secondary N) is 1. The molecule has 3 atom stereocenters. The van der Waals surface area contributed by atoms with E-state index in [2.05, 4.69) is 22.0 Å². The number of amides is 3. The maximum Gasteiger partial charge on any atom is 0.328 e. The lowest BCUT2D eigenvalue weighted by atomic mass is 9.80. The van der Waals surface area contributed by atoms with E-state index in [0.29, 0.717) is 31.4 Å². The molecule has 3 amide bonds. The van der Waals surface area contributed by atoms with E-state index in [1.807, 2.05) is 19.1 Å². The molecule has 1 saturated heterocycles. The third-order valence-corrected chi connectivity index (χ3v) is 7.86. The number of hydrogen-bond acceptors (Lipinski definition) is 5. The predicted molar refractivity (Wildman–Crippen MR) is 132 cm³/mol. The monoisotopic (exact) mass is 492 g/mol. The molecule has 0 saturated carbocycles. The number of aromatic amines is 1. The second-order valence-electron chi connectivity index (χ2n) is 10.1. The first-order chi connectivity index (χ1) is 17.3. The Kier molecular flexibility index (Phi) is 5.31. The molecular weight excluding hydrogens is 463 g/mol. The number of imide groups is 1. The smallest absolute Gasteiger partial charge is 0.328 e. The van der Waals surface area contributed by atoms with E-state index in [9.17, 15) is 19.1 Å². The van der Waals surface area contributed by atoms with Crippen LogP contribution < -0.4 is 4.74 Å². The van der Waals surface area contributed by atoms with Gasteiger partial charge in [-0.15, -0.1) is 0 Å². The first kappa shape index (κ1) is 23.0. The largest absolute Gasteiger partial charge is 0.494 e. The lowest BCUT2D eigenvalue weighted by Gasteiger charge is -2.43. The van der Waals surface area contributed by atoms with Crippen LogP contribution in [-0.4, -0.2) is 81.7 Å². The minimum Gasteiger partial charge on any atom is -0.494 e. The lowest BCUT2D eigenvalue weighted by molar-refractivity contribution is -0.133. The molecule has 36 heavy (non-hydrogen) atoms. The van der Waals surface area contributed by atoms with Gasteiger partial charge in [0.2, 0.25) is 0 Å². The third kappa shape index (κ3) is 3.33. The number of rotatable bonds is 5. The minimum absolute atomic E-state index is 0.121. The Morgan fingerprint density at radius 1 is 1.19 bits per heavy atom. The molecule has 3 aliphatic heterocycles. The van der Waals surface area contributed by atoms with Crippen LogP contribution in [-0.2, 0) is 11.2 Å². The topological polar surface area (TPSA) is 89.1 Å². The van der Waals surface area contributed by atoms with Crippen molar-refractivity contribution >= 4 is 22.8 Å². The van der Waals surface area contributed by atoms with Gasteiger partial charge >= 0.3 is 6.03 Å². The van der Waals surface area contributed by atoms with Crippen LogP contribution in [0.25, 0.3) is 10.9 Å². The number of aliphatic hydroxyl groups is 1. The second kappa shape index (κ2) is 8.31. The average Bonchev–Trinajstić information content (AvgIpc) is 3.53. The van der Waals surface area contributed by atoms with Crippen LogP contribution in [0.3, 0.4) is 0 Å². The number of halogens is 1. The Labute approximate surface area is 208 Å². The fourth-order valence-electron chi connectivity index (χ4n) is 6.03. The van der Waals surface area contributed by atoms with Gasteiger partial charge in [-0.05, 0) is 30.5 Å². The molecule has 2 aromatic rings. The number of aliphatic hydroxyl groups excluding tert-OH is 1. The van der Waals surface area contributed by atoms with Gasteiger partial charge in [-0.1, -0.05) is 30.4 Å². The van der Waals surface area contributed by atoms with E-state index in [-0.39, 0.29) is 17.7 Å². The molecule has 1 aromatic carbocycles. The quantitative estimate of drug-likeness (QED) is 0.495. The highest BCUT2D eigenvalue weighted by atomic mass is 19.1. The lowest BCUT2D eigenvalue weighted by Crippen LogP contribution is -2.53. The zero-order chi connectivity index (χ0) is 25.2. The number of fused-ring (bicyclic) bond motifs is 4. The number of carbonyl (C=O) groups is 2. The Bertz CT molecular complexity index is 1350. The van der Waals surface area contributed by atoms with Crippen LogP contribution in [0.5, 0.6) is 5.75 Å². The van der Waals surface area contributed by atoms with Crippen molar-refractivity contribution in [2.45, 2.75) is 37.5 Å². The van der Waals surface area contributed by atoms with Crippen molar-refractivity contribution in [2.75, 3.05) is 33.3 Å². The maximum absolute atomic E-state index is 14.5. The normalized spacial score (nSPS) is 27.7. The van der Waals surface area contributed by atoms with Crippen molar-refractivity contribution in [3.8, 4) is 5.75 Å². The molecule has 9 heteroatoms. The number of nitrogens with zero attached hydrogens (tertiary/aromatic N) is 3. The molecular formula is C27H29FN4O4. The van der Waals surface area contributed by atoms with Gasteiger partial charge in [0.1, 0.15) is 11.6 Å². The van der Waals surface area contributed by atoms with Crippen LogP contribution in [0.15, 0.2) is 48.1 Å². The van der Waals surface area contributed by atoms with Crippen molar-refractivity contribution in [3.63, 3.8) is 0 Å². The fourth-order valence-corrected chi connectivity index (χ4v) is 6.03. The number of ether oxygens (including phenoxy) is 1. The van der Waals surface area contributed by atoms with Gasteiger partial charge in [0.25, 0.3) is 5.91 Å². The molecule has 0 spiro atoms. The van der Waals surface area contributed by atoms with Gasteiger partial charge in [0.05, 0.1) is 13.2 Å². The van der Waals surface area contributed by atoms with Gasteiger partial charge in [0.15, 0.2) is 11.6 Å². The Hall–Kier alpha value is -3.43. The molecule has 0 bridgehead atoms. The van der Waals surface area contributed by atoms with Crippen LogP contribution >= 0.6 is 0 Å². The Morgan fingerprint density at radius 3 is 2.69 bits per heavy atom. The first-order valence-corrected chi connectivity index (χ1v) is 12.3. The average molecular weight is 493 g/mol. The van der Waals surface area contributed by atoms with Crippen LogP contribution in [0, 0.1) is 5.82 Å². The number of hydrogen-bond donors (Lipinski definition) is 2. The summed E-state index contributed by atoms with van der Waals surface area (Å²) >= 11 is 0. The number of benzene rings is 1. The van der Waals surface area contributed by atoms with E-state index in [4.69, 9.17) is 4.74 Å². The Balaban J connectivity index is 1.47. The number of H-pyrrole nitrogens is 1. The summed E-state index contributed by atoms with van der Waals surface area (Å²) in [5, 5.41) is 11.1. The third-order valence-electron chi connectivity index (χ3n) is 7.86. The summed E-state index contributed by atoms with van der Waals surface area (Å²) in [5.74, 6) is -0.608. The second-order valence-corrected chi connectivity index (χ2v) is 10.1. The van der Waals surface area contributed by atoms with E-state index < -0.39 is 23.5 Å². The van der Waals surface area contributed by atoms with Crippen molar-refractivity contribution in [2.24, 2.45) is 0 Å². The molecule has 0 radical (unpaired) electrons. The highest BCUT2D eigenvalue weighted by Gasteiger charge is 2.60. The number of aromatic nitrogens is 1. The molecule has 6 rings (SSSR count). The van der Waals surface area contributed by atoms with Crippen molar-refractivity contribution < 1.29 is 23.8 Å². The van der Waals surface area contributed by atoms with Crippen LogP contribution in [0.4, 0.5) is 9.18 Å². The number of urea groups is 1. The maximum atomic E-state index is 14.5. The summed E-state index contributed by atoms with van der Waals surface area (Å²) in [6.07, 6.45) is 9.76. The van der Waals surface area contributed by atoms with Gasteiger partial charge in [-0.25, -0.2) is 9.18 Å². The van der Waals surface area contributed by atoms with Gasteiger partial charge in [-0.2, -0.15) is 0 Å².